The Bertz CT molecular complexity index is 279. The highest BCUT2D eigenvalue weighted by molar-refractivity contribution is 6.00. The van der Waals surface area contributed by atoms with Crippen molar-refractivity contribution in [1.82, 2.24) is 0 Å². The summed E-state index contributed by atoms with van der Waals surface area (Å²) in [7, 11) is 0. The number of cyclic esters (lactones) is 2. The number of rotatable bonds is 0. The molecule has 0 N–H and O–H groups in total. The van der Waals surface area contributed by atoms with E-state index in [9.17, 15) is 9.59 Å². The SMILES string of the molecule is C[C@]12C=CCC[C@@H]1C(=O)OC2=O. The number of hydrogen-bond donors (Lipinski definition) is 0. The van der Waals surface area contributed by atoms with Gasteiger partial charge in [0.25, 0.3) is 0 Å². The predicted molar refractivity (Wildman–Crippen MR) is 41.1 cm³/mol. The molecule has 1 aliphatic heterocycles. The summed E-state index contributed by atoms with van der Waals surface area (Å²) in [5.74, 6) is -0.990. The maximum absolute atomic E-state index is 11.2. The molecule has 0 radical (unpaired) electrons. The van der Waals surface area contributed by atoms with E-state index in [1.54, 1.807) is 13.0 Å². The summed E-state index contributed by atoms with van der Waals surface area (Å²) in [6.45, 7) is 1.76. The van der Waals surface area contributed by atoms with Crippen molar-refractivity contribution in [2.75, 3.05) is 0 Å². The molecule has 64 valence electrons. The third-order valence-corrected chi connectivity index (χ3v) is 2.73. The van der Waals surface area contributed by atoms with Gasteiger partial charge >= 0.3 is 11.9 Å². The average molecular weight is 166 g/mol. The first-order valence-corrected chi connectivity index (χ1v) is 4.08. The molecule has 3 nitrogen and oxygen atoms in total. The fourth-order valence-corrected chi connectivity index (χ4v) is 1.85. The summed E-state index contributed by atoms with van der Waals surface area (Å²) in [5.41, 5.74) is -0.671. The first-order chi connectivity index (χ1) is 5.64. The van der Waals surface area contributed by atoms with Crippen LogP contribution >= 0.6 is 0 Å². The quantitative estimate of drug-likeness (QED) is 0.307. The van der Waals surface area contributed by atoms with E-state index in [2.05, 4.69) is 4.74 Å². The first kappa shape index (κ1) is 7.53. The molecule has 0 spiro atoms. The van der Waals surface area contributed by atoms with Crippen molar-refractivity contribution in [3.05, 3.63) is 12.2 Å². The largest absolute Gasteiger partial charge is 0.392 e. The Morgan fingerprint density at radius 1 is 1.58 bits per heavy atom. The van der Waals surface area contributed by atoms with Crippen LogP contribution in [-0.4, -0.2) is 11.9 Å². The van der Waals surface area contributed by atoms with Crippen molar-refractivity contribution >= 4 is 11.9 Å². The molecule has 0 aromatic rings. The zero-order valence-corrected chi connectivity index (χ0v) is 6.87. The smallest absolute Gasteiger partial charge is 0.324 e. The van der Waals surface area contributed by atoms with Gasteiger partial charge in [0.1, 0.15) is 0 Å². The molecule has 2 rings (SSSR count). The van der Waals surface area contributed by atoms with E-state index < -0.39 is 11.4 Å². The first-order valence-electron chi connectivity index (χ1n) is 4.08. The van der Waals surface area contributed by atoms with Crippen molar-refractivity contribution < 1.29 is 14.3 Å². The van der Waals surface area contributed by atoms with Gasteiger partial charge in [0.05, 0.1) is 11.3 Å². The van der Waals surface area contributed by atoms with E-state index in [-0.39, 0.29) is 11.9 Å². The van der Waals surface area contributed by atoms with Gasteiger partial charge in [-0.1, -0.05) is 12.2 Å². The fraction of sp³-hybridized carbons (Fsp3) is 0.556. The number of carbonyl (C=O) groups is 2. The lowest BCUT2D eigenvalue weighted by Crippen LogP contribution is -2.30. The molecule has 0 aromatic carbocycles. The van der Waals surface area contributed by atoms with E-state index in [1.807, 2.05) is 6.08 Å². The Hall–Kier alpha value is -1.12. The Labute approximate surface area is 70.4 Å². The Balaban J connectivity index is 2.44. The van der Waals surface area contributed by atoms with E-state index in [0.29, 0.717) is 0 Å². The minimum absolute atomic E-state index is 0.241. The van der Waals surface area contributed by atoms with Gasteiger partial charge in [-0.2, -0.15) is 0 Å². The van der Waals surface area contributed by atoms with Gasteiger partial charge in [0.2, 0.25) is 0 Å². The number of carbonyl (C=O) groups excluding carboxylic acids is 2. The van der Waals surface area contributed by atoms with Crippen LogP contribution in [-0.2, 0) is 14.3 Å². The minimum Gasteiger partial charge on any atom is -0.392 e. The molecule has 2 atom stereocenters. The van der Waals surface area contributed by atoms with Crippen LogP contribution in [0.3, 0.4) is 0 Å². The monoisotopic (exact) mass is 166 g/mol. The molecule has 0 saturated carbocycles. The van der Waals surface area contributed by atoms with Crippen LogP contribution in [0.25, 0.3) is 0 Å². The molecule has 0 aromatic heterocycles. The Morgan fingerprint density at radius 3 is 3.00 bits per heavy atom. The highest BCUT2D eigenvalue weighted by Crippen LogP contribution is 2.42. The topological polar surface area (TPSA) is 43.4 Å². The van der Waals surface area contributed by atoms with E-state index >= 15 is 0 Å². The number of allylic oxidation sites excluding steroid dienone is 1. The average Bonchev–Trinajstić information content (AvgIpc) is 2.25. The van der Waals surface area contributed by atoms with Gasteiger partial charge < -0.3 is 4.74 Å². The van der Waals surface area contributed by atoms with Crippen LogP contribution in [0.2, 0.25) is 0 Å². The Morgan fingerprint density at radius 2 is 2.33 bits per heavy atom. The standard InChI is InChI=1S/C9H10O3/c1-9-5-3-2-4-6(9)7(10)12-8(9)11/h3,5-6H,2,4H2,1H3/t6-,9+/m1/s1. The van der Waals surface area contributed by atoms with Crippen LogP contribution in [0.15, 0.2) is 12.2 Å². The molecule has 1 fully saturated rings. The van der Waals surface area contributed by atoms with Crippen molar-refractivity contribution in [3.8, 4) is 0 Å². The zero-order valence-electron chi connectivity index (χ0n) is 6.87. The number of hydrogen-bond acceptors (Lipinski definition) is 3. The molecule has 1 saturated heterocycles. The van der Waals surface area contributed by atoms with Crippen LogP contribution in [0.5, 0.6) is 0 Å². The highest BCUT2D eigenvalue weighted by atomic mass is 16.6. The van der Waals surface area contributed by atoms with Crippen molar-refractivity contribution in [2.24, 2.45) is 11.3 Å². The van der Waals surface area contributed by atoms with E-state index in [1.165, 1.54) is 0 Å². The second-order valence-electron chi connectivity index (χ2n) is 3.52. The lowest BCUT2D eigenvalue weighted by Gasteiger charge is -2.24. The van der Waals surface area contributed by atoms with Crippen LogP contribution in [0, 0.1) is 11.3 Å². The number of ether oxygens (including phenoxy) is 1. The summed E-state index contributed by atoms with van der Waals surface area (Å²) in [6.07, 6.45) is 5.34. The molecular formula is C9H10O3. The maximum Gasteiger partial charge on any atom is 0.324 e. The van der Waals surface area contributed by atoms with Crippen molar-refractivity contribution in [2.45, 2.75) is 19.8 Å². The molecule has 2 aliphatic rings. The molecule has 3 heteroatoms. The van der Waals surface area contributed by atoms with Gasteiger partial charge in [-0.25, -0.2) is 0 Å². The fourth-order valence-electron chi connectivity index (χ4n) is 1.85. The summed E-state index contributed by atoms with van der Waals surface area (Å²) < 4.78 is 4.58. The number of fused-ring (bicyclic) bond motifs is 1. The molecule has 1 heterocycles. The maximum atomic E-state index is 11.2. The summed E-state index contributed by atoms with van der Waals surface area (Å²) >= 11 is 0. The normalized spacial score (nSPS) is 39.6. The summed E-state index contributed by atoms with van der Waals surface area (Å²) in [5, 5.41) is 0. The van der Waals surface area contributed by atoms with Crippen LogP contribution < -0.4 is 0 Å². The van der Waals surface area contributed by atoms with Gasteiger partial charge in [-0.05, 0) is 19.8 Å². The number of esters is 2. The molecule has 0 bridgehead atoms. The van der Waals surface area contributed by atoms with Crippen molar-refractivity contribution in [3.63, 3.8) is 0 Å². The lowest BCUT2D eigenvalue weighted by atomic mass is 9.73. The third kappa shape index (κ3) is 0.763. The molecule has 0 unspecified atom stereocenters. The minimum atomic E-state index is -0.671. The van der Waals surface area contributed by atoms with Crippen LogP contribution in [0.1, 0.15) is 19.8 Å². The van der Waals surface area contributed by atoms with Gasteiger partial charge in [0.15, 0.2) is 0 Å². The second-order valence-corrected chi connectivity index (χ2v) is 3.52. The van der Waals surface area contributed by atoms with Gasteiger partial charge in [-0.15, -0.1) is 0 Å². The van der Waals surface area contributed by atoms with E-state index in [4.69, 9.17) is 0 Å². The molecule has 12 heavy (non-hydrogen) atoms. The lowest BCUT2D eigenvalue weighted by molar-refractivity contribution is -0.154. The molecular weight excluding hydrogens is 156 g/mol. The van der Waals surface area contributed by atoms with Crippen molar-refractivity contribution in [1.29, 1.82) is 0 Å². The second kappa shape index (κ2) is 2.19. The zero-order chi connectivity index (χ0) is 8.77. The molecule has 1 aliphatic carbocycles. The van der Waals surface area contributed by atoms with E-state index in [0.717, 1.165) is 12.8 Å². The third-order valence-electron chi connectivity index (χ3n) is 2.73. The summed E-state index contributed by atoms with van der Waals surface area (Å²) in [6, 6.07) is 0. The van der Waals surface area contributed by atoms with Gasteiger partial charge in [0, 0.05) is 0 Å². The Kier molecular flexibility index (Phi) is 1.37. The molecule has 0 amide bonds. The van der Waals surface area contributed by atoms with Gasteiger partial charge in [-0.3, -0.25) is 9.59 Å². The predicted octanol–water partition coefficient (Wildman–Crippen LogP) is 1.04. The highest BCUT2D eigenvalue weighted by Gasteiger charge is 2.53. The van der Waals surface area contributed by atoms with Crippen LogP contribution in [0.4, 0.5) is 0 Å². The summed E-state index contributed by atoms with van der Waals surface area (Å²) in [4.78, 5) is 22.4.